The van der Waals surface area contributed by atoms with Crippen LogP contribution in [0.25, 0.3) is 33.3 Å². The molecule has 0 aliphatic rings. The Hall–Kier alpha value is -3.47. The van der Waals surface area contributed by atoms with Crippen molar-refractivity contribution in [1.29, 1.82) is 0 Å². The van der Waals surface area contributed by atoms with Crippen molar-refractivity contribution in [3.63, 3.8) is 0 Å². The van der Waals surface area contributed by atoms with Crippen LogP contribution in [0.5, 0.6) is 0 Å². The minimum absolute atomic E-state index is 0.0980. The number of rotatable bonds is 1. The van der Waals surface area contributed by atoms with E-state index in [9.17, 15) is 4.79 Å². The molecule has 0 fully saturated rings. The summed E-state index contributed by atoms with van der Waals surface area (Å²) in [5.74, 6) is 0. The average molecular weight is 326 g/mol. The standard InChI is InChI=1S/C20H14N4O/c1-13-8-10-14(11-9-13)23-18-16(6-4-12-21-18)19-22-17-7-3-2-5-15(17)20(25)24(19)23/h2-12H,1H3. The molecule has 5 aromatic rings. The lowest BCUT2D eigenvalue weighted by Crippen LogP contribution is -2.20. The predicted molar refractivity (Wildman–Crippen MR) is 98.3 cm³/mol. The molecule has 0 unspecified atom stereocenters. The third kappa shape index (κ3) is 1.92. The summed E-state index contributed by atoms with van der Waals surface area (Å²) >= 11 is 0. The van der Waals surface area contributed by atoms with Crippen LogP contribution in [0, 0.1) is 6.92 Å². The molecule has 0 aliphatic heterocycles. The number of aromatic nitrogens is 4. The number of hydrogen-bond acceptors (Lipinski definition) is 3. The highest BCUT2D eigenvalue weighted by atomic mass is 16.1. The molecule has 3 aromatic heterocycles. The number of nitrogens with zero attached hydrogens (tertiary/aromatic N) is 4. The molecular formula is C20H14N4O. The summed E-state index contributed by atoms with van der Waals surface area (Å²) in [7, 11) is 0. The molecule has 3 heterocycles. The van der Waals surface area contributed by atoms with Gasteiger partial charge in [-0.2, -0.15) is 4.52 Å². The highest BCUT2D eigenvalue weighted by Gasteiger charge is 2.17. The van der Waals surface area contributed by atoms with E-state index < -0.39 is 0 Å². The van der Waals surface area contributed by atoms with Gasteiger partial charge in [-0.15, -0.1) is 0 Å². The first-order valence-corrected chi connectivity index (χ1v) is 8.08. The number of pyridine rings is 1. The van der Waals surface area contributed by atoms with Crippen molar-refractivity contribution in [3.8, 4) is 5.69 Å². The molecule has 120 valence electrons. The second-order valence-electron chi connectivity index (χ2n) is 6.09. The molecule has 5 rings (SSSR count). The van der Waals surface area contributed by atoms with Crippen LogP contribution >= 0.6 is 0 Å². The second kappa shape index (κ2) is 5.01. The van der Waals surface area contributed by atoms with Gasteiger partial charge >= 0.3 is 0 Å². The fourth-order valence-electron chi connectivity index (χ4n) is 3.24. The van der Waals surface area contributed by atoms with Gasteiger partial charge in [0, 0.05) is 6.20 Å². The number of para-hydroxylation sites is 1. The lowest BCUT2D eigenvalue weighted by molar-refractivity contribution is 0.786. The van der Waals surface area contributed by atoms with Gasteiger partial charge in [-0.3, -0.25) is 4.79 Å². The van der Waals surface area contributed by atoms with Crippen LogP contribution in [0.1, 0.15) is 5.56 Å². The van der Waals surface area contributed by atoms with Gasteiger partial charge in [0.2, 0.25) is 0 Å². The van der Waals surface area contributed by atoms with Crippen LogP contribution in [-0.2, 0) is 0 Å². The van der Waals surface area contributed by atoms with Gasteiger partial charge in [-0.1, -0.05) is 29.8 Å². The summed E-state index contributed by atoms with van der Waals surface area (Å²) in [5, 5.41) is 1.45. The molecule has 0 atom stereocenters. The van der Waals surface area contributed by atoms with E-state index in [4.69, 9.17) is 4.98 Å². The molecule has 5 nitrogen and oxygen atoms in total. The van der Waals surface area contributed by atoms with Gasteiger partial charge in [-0.05, 0) is 43.3 Å². The minimum atomic E-state index is -0.0980. The van der Waals surface area contributed by atoms with Gasteiger partial charge in [0.05, 0.1) is 22.0 Å². The lowest BCUT2D eigenvalue weighted by Gasteiger charge is -2.08. The maximum Gasteiger partial charge on any atom is 0.281 e. The lowest BCUT2D eigenvalue weighted by atomic mass is 10.2. The first-order valence-electron chi connectivity index (χ1n) is 8.08. The first kappa shape index (κ1) is 13.9. The molecule has 0 radical (unpaired) electrons. The van der Waals surface area contributed by atoms with Crippen LogP contribution in [0.3, 0.4) is 0 Å². The SMILES string of the molecule is Cc1ccc(-n2c3ncccc3c3nc4ccccc4c(=O)n32)cc1. The Morgan fingerprint density at radius 1 is 0.840 bits per heavy atom. The molecule has 2 aromatic carbocycles. The zero-order valence-corrected chi connectivity index (χ0v) is 13.5. The summed E-state index contributed by atoms with van der Waals surface area (Å²) in [6.07, 6.45) is 1.73. The number of benzene rings is 2. The molecular weight excluding hydrogens is 312 g/mol. The second-order valence-corrected chi connectivity index (χ2v) is 6.09. The van der Waals surface area contributed by atoms with Crippen LogP contribution in [0.15, 0.2) is 71.7 Å². The summed E-state index contributed by atoms with van der Waals surface area (Å²) < 4.78 is 3.45. The quantitative estimate of drug-likeness (QED) is 0.474. The minimum Gasteiger partial charge on any atom is -0.267 e. The van der Waals surface area contributed by atoms with E-state index in [0.29, 0.717) is 22.2 Å². The van der Waals surface area contributed by atoms with Crippen molar-refractivity contribution in [2.45, 2.75) is 6.92 Å². The molecule has 0 spiro atoms. The molecule has 25 heavy (non-hydrogen) atoms. The number of aryl methyl sites for hydroxylation is 1. The predicted octanol–water partition coefficient (Wildman–Crippen LogP) is 3.50. The third-order valence-corrected chi connectivity index (χ3v) is 4.46. The normalized spacial score (nSPS) is 11.6. The summed E-state index contributed by atoms with van der Waals surface area (Å²) in [5.41, 5.74) is 3.97. The highest BCUT2D eigenvalue weighted by Crippen LogP contribution is 2.23. The van der Waals surface area contributed by atoms with E-state index in [2.05, 4.69) is 4.98 Å². The van der Waals surface area contributed by atoms with Crippen LogP contribution in [-0.4, -0.2) is 19.2 Å². The van der Waals surface area contributed by atoms with E-state index in [0.717, 1.165) is 16.6 Å². The number of fused-ring (bicyclic) bond motifs is 4. The van der Waals surface area contributed by atoms with E-state index in [1.165, 1.54) is 0 Å². The Morgan fingerprint density at radius 3 is 2.44 bits per heavy atom. The maximum atomic E-state index is 13.2. The van der Waals surface area contributed by atoms with Gasteiger partial charge in [-0.25, -0.2) is 14.6 Å². The summed E-state index contributed by atoms with van der Waals surface area (Å²) in [6, 6.07) is 19.3. The molecule has 0 saturated heterocycles. The van der Waals surface area contributed by atoms with Crippen LogP contribution < -0.4 is 5.56 Å². The Kier molecular flexibility index (Phi) is 2.79. The van der Waals surface area contributed by atoms with E-state index in [-0.39, 0.29) is 5.56 Å². The van der Waals surface area contributed by atoms with Crippen LogP contribution in [0.2, 0.25) is 0 Å². The Labute approximate surface area is 142 Å². The van der Waals surface area contributed by atoms with E-state index >= 15 is 0 Å². The van der Waals surface area contributed by atoms with Crippen LogP contribution in [0.4, 0.5) is 0 Å². The summed E-state index contributed by atoms with van der Waals surface area (Å²) in [6.45, 7) is 2.04. The number of hydrogen-bond donors (Lipinski definition) is 0. The molecule has 0 N–H and O–H groups in total. The van der Waals surface area contributed by atoms with Crippen molar-refractivity contribution < 1.29 is 0 Å². The van der Waals surface area contributed by atoms with Gasteiger partial charge < -0.3 is 0 Å². The molecule has 0 bridgehead atoms. The van der Waals surface area contributed by atoms with Crippen molar-refractivity contribution in [2.24, 2.45) is 0 Å². The molecule has 0 aliphatic carbocycles. The zero-order valence-electron chi connectivity index (χ0n) is 13.5. The largest absolute Gasteiger partial charge is 0.281 e. The van der Waals surface area contributed by atoms with Crippen molar-refractivity contribution in [2.75, 3.05) is 0 Å². The summed E-state index contributed by atoms with van der Waals surface area (Å²) in [4.78, 5) is 22.4. The van der Waals surface area contributed by atoms with Crippen molar-refractivity contribution >= 4 is 27.6 Å². The van der Waals surface area contributed by atoms with E-state index in [1.54, 1.807) is 10.7 Å². The zero-order chi connectivity index (χ0) is 17.0. The highest BCUT2D eigenvalue weighted by molar-refractivity contribution is 5.94. The van der Waals surface area contributed by atoms with Gasteiger partial charge in [0.15, 0.2) is 11.3 Å². The Bertz CT molecular complexity index is 1310. The van der Waals surface area contributed by atoms with E-state index in [1.807, 2.05) is 72.3 Å². The van der Waals surface area contributed by atoms with Gasteiger partial charge in [0.25, 0.3) is 5.56 Å². The maximum absolute atomic E-state index is 13.2. The fourth-order valence-corrected chi connectivity index (χ4v) is 3.24. The Morgan fingerprint density at radius 2 is 1.60 bits per heavy atom. The first-order chi connectivity index (χ1) is 12.2. The van der Waals surface area contributed by atoms with Gasteiger partial charge in [0.1, 0.15) is 0 Å². The monoisotopic (exact) mass is 326 g/mol. The Balaban J connectivity index is 2.06. The van der Waals surface area contributed by atoms with Crippen molar-refractivity contribution in [1.82, 2.24) is 19.2 Å². The molecule has 0 saturated carbocycles. The molecule has 5 heteroatoms. The third-order valence-electron chi connectivity index (χ3n) is 4.46. The smallest absolute Gasteiger partial charge is 0.267 e. The average Bonchev–Trinajstić information content (AvgIpc) is 2.98. The van der Waals surface area contributed by atoms with Crippen molar-refractivity contribution in [3.05, 3.63) is 82.8 Å². The topological polar surface area (TPSA) is 52.2 Å². The fraction of sp³-hybridized carbons (Fsp3) is 0.0500. The molecule has 0 amide bonds.